The number of carbonyl (C=O) groups is 1. The molecule has 0 aromatic heterocycles. The molecule has 0 bridgehead atoms. The van der Waals surface area contributed by atoms with E-state index >= 15 is 0 Å². The lowest BCUT2D eigenvalue weighted by molar-refractivity contribution is -0.140. The van der Waals surface area contributed by atoms with Gasteiger partial charge in [0.1, 0.15) is 0 Å². The standard InChI is InChI=1S/C17H34N2O/c1-6-8-9-14(7-2)18-15-10-12-19(13-11-15)16(20)17(3,4)5/h14-15,18H,6-13H2,1-5H3. The summed E-state index contributed by atoms with van der Waals surface area (Å²) in [6.07, 6.45) is 7.29. The lowest BCUT2D eigenvalue weighted by atomic mass is 9.92. The molecule has 0 radical (unpaired) electrons. The average molecular weight is 282 g/mol. The van der Waals surface area contributed by atoms with Gasteiger partial charge in [-0.05, 0) is 25.7 Å². The minimum Gasteiger partial charge on any atom is -0.342 e. The molecule has 118 valence electrons. The van der Waals surface area contributed by atoms with E-state index in [9.17, 15) is 4.79 Å². The SMILES string of the molecule is CCCCC(CC)NC1CCN(C(=O)C(C)(C)C)CC1. The zero-order valence-electron chi connectivity index (χ0n) is 14.2. The molecule has 1 heterocycles. The number of carbonyl (C=O) groups excluding carboxylic acids is 1. The van der Waals surface area contributed by atoms with Crippen LogP contribution in [0.3, 0.4) is 0 Å². The van der Waals surface area contributed by atoms with Gasteiger partial charge in [0.15, 0.2) is 0 Å². The Balaban J connectivity index is 2.36. The summed E-state index contributed by atoms with van der Waals surface area (Å²) in [5.41, 5.74) is -0.243. The van der Waals surface area contributed by atoms with Gasteiger partial charge < -0.3 is 10.2 Å². The maximum atomic E-state index is 12.3. The molecular weight excluding hydrogens is 248 g/mol. The quantitative estimate of drug-likeness (QED) is 0.807. The number of piperidine rings is 1. The van der Waals surface area contributed by atoms with Crippen LogP contribution in [0.1, 0.15) is 73.1 Å². The molecule has 1 N–H and O–H groups in total. The van der Waals surface area contributed by atoms with Crippen molar-refractivity contribution in [1.29, 1.82) is 0 Å². The number of unbranched alkanes of at least 4 members (excludes halogenated alkanes) is 1. The highest BCUT2D eigenvalue weighted by Crippen LogP contribution is 2.21. The van der Waals surface area contributed by atoms with Gasteiger partial charge in [-0.1, -0.05) is 47.5 Å². The first-order valence-electron chi connectivity index (χ1n) is 8.43. The Hall–Kier alpha value is -0.570. The Morgan fingerprint density at radius 1 is 1.25 bits per heavy atom. The summed E-state index contributed by atoms with van der Waals surface area (Å²) >= 11 is 0. The molecule has 1 unspecified atom stereocenters. The van der Waals surface area contributed by atoms with Crippen LogP contribution in [0.25, 0.3) is 0 Å². The molecule has 1 fully saturated rings. The molecule has 1 saturated heterocycles. The van der Waals surface area contributed by atoms with Crippen LogP contribution in [0, 0.1) is 5.41 Å². The van der Waals surface area contributed by atoms with Gasteiger partial charge in [-0.15, -0.1) is 0 Å². The van der Waals surface area contributed by atoms with Gasteiger partial charge in [-0.2, -0.15) is 0 Å². The van der Waals surface area contributed by atoms with Gasteiger partial charge in [-0.3, -0.25) is 4.79 Å². The van der Waals surface area contributed by atoms with Gasteiger partial charge in [0.2, 0.25) is 5.91 Å². The second-order valence-electron chi connectivity index (χ2n) is 7.23. The van der Waals surface area contributed by atoms with Gasteiger partial charge in [0.25, 0.3) is 0 Å². The molecule has 1 rings (SSSR count). The minimum atomic E-state index is -0.243. The summed E-state index contributed by atoms with van der Waals surface area (Å²) in [5.74, 6) is 0.300. The molecule has 3 heteroatoms. The molecule has 1 aliphatic heterocycles. The van der Waals surface area contributed by atoms with Crippen LogP contribution in [0.5, 0.6) is 0 Å². The van der Waals surface area contributed by atoms with Crippen molar-refractivity contribution >= 4 is 5.91 Å². The predicted molar refractivity (Wildman–Crippen MR) is 85.8 cm³/mol. The number of rotatable bonds is 6. The van der Waals surface area contributed by atoms with E-state index < -0.39 is 0 Å². The van der Waals surface area contributed by atoms with Gasteiger partial charge in [0, 0.05) is 30.6 Å². The highest BCUT2D eigenvalue weighted by Gasteiger charge is 2.30. The smallest absolute Gasteiger partial charge is 0.227 e. The third-order valence-electron chi connectivity index (χ3n) is 4.29. The molecule has 1 atom stereocenters. The van der Waals surface area contributed by atoms with E-state index in [2.05, 4.69) is 19.2 Å². The highest BCUT2D eigenvalue weighted by atomic mass is 16.2. The van der Waals surface area contributed by atoms with E-state index in [0.717, 1.165) is 25.9 Å². The summed E-state index contributed by atoms with van der Waals surface area (Å²) in [5, 5.41) is 3.80. The number of nitrogens with one attached hydrogen (secondary N) is 1. The lowest BCUT2D eigenvalue weighted by Crippen LogP contribution is -2.50. The van der Waals surface area contributed by atoms with Crippen molar-refractivity contribution in [2.24, 2.45) is 5.41 Å². The number of nitrogens with zero attached hydrogens (tertiary/aromatic N) is 1. The minimum absolute atomic E-state index is 0.243. The highest BCUT2D eigenvalue weighted by molar-refractivity contribution is 5.81. The van der Waals surface area contributed by atoms with Gasteiger partial charge in [0.05, 0.1) is 0 Å². The molecule has 0 aliphatic carbocycles. The Morgan fingerprint density at radius 3 is 2.30 bits per heavy atom. The van der Waals surface area contributed by atoms with Crippen LogP contribution in [0.15, 0.2) is 0 Å². The van der Waals surface area contributed by atoms with Crippen LogP contribution in [0.4, 0.5) is 0 Å². The second kappa shape index (κ2) is 8.02. The molecule has 1 aliphatic rings. The fourth-order valence-electron chi connectivity index (χ4n) is 2.91. The molecule has 0 aromatic carbocycles. The Morgan fingerprint density at radius 2 is 1.85 bits per heavy atom. The molecule has 0 saturated carbocycles. The molecular formula is C17H34N2O. The normalized spacial score (nSPS) is 19.1. The molecule has 3 nitrogen and oxygen atoms in total. The first-order valence-corrected chi connectivity index (χ1v) is 8.43. The van der Waals surface area contributed by atoms with Crippen molar-refractivity contribution < 1.29 is 4.79 Å². The maximum Gasteiger partial charge on any atom is 0.227 e. The Labute approximate surface area is 125 Å². The summed E-state index contributed by atoms with van der Waals surface area (Å²) < 4.78 is 0. The van der Waals surface area contributed by atoms with Gasteiger partial charge >= 0.3 is 0 Å². The summed E-state index contributed by atoms with van der Waals surface area (Å²) in [7, 11) is 0. The third kappa shape index (κ3) is 5.43. The van der Waals surface area contributed by atoms with Crippen LogP contribution in [-0.4, -0.2) is 36.0 Å². The molecule has 20 heavy (non-hydrogen) atoms. The molecule has 0 aromatic rings. The monoisotopic (exact) mass is 282 g/mol. The van der Waals surface area contributed by atoms with E-state index in [0.29, 0.717) is 18.0 Å². The third-order valence-corrected chi connectivity index (χ3v) is 4.29. The maximum absolute atomic E-state index is 12.3. The zero-order chi connectivity index (χ0) is 15.2. The Bertz CT molecular complexity index is 288. The summed E-state index contributed by atoms with van der Waals surface area (Å²) in [6.45, 7) is 12.4. The van der Waals surface area contributed by atoms with E-state index in [1.807, 2.05) is 25.7 Å². The number of hydrogen-bond donors (Lipinski definition) is 1. The van der Waals surface area contributed by atoms with E-state index in [4.69, 9.17) is 0 Å². The van der Waals surface area contributed by atoms with Crippen LogP contribution >= 0.6 is 0 Å². The number of amides is 1. The topological polar surface area (TPSA) is 32.3 Å². The largest absolute Gasteiger partial charge is 0.342 e. The van der Waals surface area contributed by atoms with Crippen LogP contribution in [-0.2, 0) is 4.79 Å². The first-order chi connectivity index (χ1) is 9.38. The first kappa shape index (κ1) is 17.5. The summed E-state index contributed by atoms with van der Waals surface area (Å²) in [6, 6.07) is 1.26. The van der Waals surface area contributed by atoms with Crippen molar-refractivity contribution in [3.63, 3.8) is 0 Å². The van der Waals surface area contributed by atoms with Crippen molar-refractivity contribution in [3.8, 4) is 0 Å². The average Bonchev–Trinajstić information content (AvgIpc) is 2.42. The van der Waals surface area contributed by atoms with Crippen LogP contribution < -0.4 is 5.32 Å². The summed E-state index contributed by atoms with van der Waals surface area (Å²) in [4.78, 5) is 14.3. The zero-order valence-corrected chi connectivity index (χ0v) is 14.2. The van der Waals surface area contributed by atoms with E-state index in [1.54, 1.807) is 0 Å². The second-order valence-corrected chi connectivity index (χ2v) is 7.23. The van der Waals surface area contributed by atoms with Crippen molar-refractivity contribution in [2.45, 2.75) is 85.2 Å². The van der Waals surface area contributed by atoms with Crippen molar-refractivity contribution in [1.82, 2.24) is 10.2 Å². The van der Waals surface area contributed by atoms with E-state index in [1.165, 1.54) is 25.7 Å². The van der Waals surface area contributed by atoms with Gasteiger partial charge in [-0.25, -0.2) is 0 Å². The molecule has 1 amide bonds. The fourth-order valence-corrected chi connectivity index (χ4v) is 2.91. The number of likely N-dealkylation sites (tertiary alicyclic amines) is 1. The number of hydrogen-bond acceptors (Lipinski definition) is 2. The lowest BCUT2D eigenvalue weighted by Gasteiger charge is -2.37. The van der Waals surface area contributed by atoms with Crippen molar-refractivity contribution in [2.75, 3.05) is 13.1 Å². The fraction of sp³-hybridized carbons (Fsp3) is 0.941. The van der Waals surface area contributed by atoms with Crippen molar-refractivity contribution in [3.05, 3.63) is 0 Å². The molecule has 0 spiro atoms. The van der Waals surface area contributed by atoms with E-state index in [-0.39, 0.29) is 5.41 Å². The predicted octanol–water partition coefficient (Wildman–Crippen LogP) is 3.58. The van der Waals surface area contributed by atoms with Crippen LogP contribution in [0.2, 0.25) is 0 Å². The Kier molecular flexibility index (Phi) is 7.01.